The smallest absolute Gasteiger partial charge is 0.322 e. The number of hydrogen-bond acceptors (Lipinski definition) is 10. The van der Waals surface area contributed by atoms with E-state index in [1.165, 1.54) is 25.5 Å². The van der Waals surface area contributed by atoms with Crippen LogP contribution in [0.1, 0.15) is 5.56 Å². The lowest BCUT2D eigenvalue weighted by atomic mass is 10.2. The first-order chi connectivity index (χ1) is 13.5. The Labute approximate surface area is 169 Å². The van der Waals surface area contributed by atoms with Gasteiger partial charge in [0.05, 0.1) is 36.5 Å². The third-order valence-electron chi connectivity index (χ3n) is 3.71. The van der Waals surface area contributed by atoms with E-state index in [1.807, 2.05) is 4.90 Å². The number of nitrogens with one attached hydrogen (secondary N) is 1. The van der Waals surface area contributed by atoms with Crippen LogP contribution in [-0.2, 0) is 4.74 Å². The number of rotatable bonds is 6. The average molecular weight is 428 g/mol. The molecule has 13 heteroatoms. The average Bonchev–Trinajstić information content (AvgIpc) is 2.69. The van der Waals surface area contributed by atoms with Gasteiger partial charge in [0.2, 0.25) is 5.95 Å². The van der Waals surface area contributed by atoms with Crippen LogP contribution in [0.25, 0.3) is 0 Å². The van der Waals surface area contributed by atoms with E-state index in [-0.39, 0.29) is 27.7 Å². The van der Waals surface area contributed by atoms with Gasteiger partial charge in [-0.1, -0.05) is 23.2 Å². The van der Waals surface area contributed by atoms with Crippen LogP contribution < -0.4 is 15.1 Å². The Balaban J connectivity index is 1.80. The van der Waals surface area contributed by atoms with Crippen molar-refractivity contribution in [2.45, 2.75) is 0 Å². The van der Waals surface area contributed by atoms with Crippen LogP contribution in [0, 0.1) is 10.1 Å². The van der Waals surface area contributed by atoms with Gasteiger partial charge in [-0.2, -0.15) is 20.1 Å². The van der Waals surface area contributed by atoms with E-state index in [2.05, 4.69) is 25.5 Å². The summed E-state index contributed by atoms with van der Waals surface area (Å²) in [5, 5.41) is 15.1. The number of nitro benzene ring substituents is 1. The van der Waals surface area contributed by atoms with Gasteiger partial charge in [0.15, 0.2) is 0 Å². The minimum Gasteiger partial charge on any atom is -0.467 e. The van der Waals surface area contributed by atoms with E-state index in [1.54, 1.807) is 0 Å². The maximum Gasteiger partial charge on any atom is 0.322 e. The number of morpholine rings is 1. The summed E-state index contributed by atoms with van der Waals surface area (Å²) < 4.78 is 10.4. The molecule has 1 N–H and O–H groups in total. The first-order valence-corrected chi connectivity index (χ1v) is 8.79. The largest absolute Gasteiger partial charge is 0.467 e. The second-order valence-electron chi connectivity index (χ2n) is 5.50. The van der Waals surface area contributed by atoms with E-state index < -0.39 is 4.92 Å². The molecular formula is C15H15Cl2N7O4. The van der Waals surface area contributed by atoms with Crippen molar-refractivity contribution in [2.24, 2.45) is 5.10 Å². The maximum absolute atomic E-state index is 11.0. The van der Waals surface area contributed by atoms with E-state index in [4.69, 9.17) is 32.7 Å². The number of nitro groups is 1. The summed E-state index contributed by atoms with van der Waals surface area (Å²) in [6, 6.07) is 2.63. The van der Waals surface area contributed by atoms with Gasteiger partial charge in [-0.15, -0.1) is 0 Å². The van der Waals surface area contributed by atoms with Crippen LogP contribution >= 0.6 is 23.2 Å². The second-order valence-corrected chi connectivity index (χ2v) is 6.31. The van der Waals surface area contributed by atoms with Crippen LogP contribution in [0.4, 0.5) is 17.6 Å². The highest BCUT2D eigenvalue weighted by molar-refractivity contribution is 6.37. The quantitative estimate of drug-likeness (QED) is 0.419. The van der Waals surface area contributed by atoms with Crippen molar-refractivity contribution >= 4 is 47.0 Å². The van der Waals surface area contributed by atoms with Crippen molar-refractivity contribution in [1.29, 1.82) is 0 Å². The standard InChI is InChI=1S/C15H15Cl2N7O4/c1-27-15-20-13(19-14(21-15)23-2-4-28-5-3-23)22-18-8-9-6-12(24(25)26)11(17)7-10(9)16/h6-8H,2-5H2,1H3,(H,19,20,21,22). The highest BCUT2D eigenvalue weighted by atomic mass is 35.5. The lowest BCUT2D eigenvalue weighted by molar-refractivity contribution is -0.384. The fourth-order valence-electron chi connectivity index (χ4n) is 2.34. The van der Waals surface area contributed by atoms with E-state index in [9.17, 15) is 10.1 Å². The Morgan fingerprint density at radius 2 is 2.04 bits per heavy atom. The van der Waals surface area contributed by atoms with E-state index in [0.717, 1.165) is 0 Å². The molecule has 0 amide bonds. The van der Waals surface area contributed by atoms with Crippen molar-refractivity contribution in [3.8, 4) is 6.01 Å². The van der Waals surface area contributed by atoms with Gasteiger partial charge in [-0.25, -0.2) is 5.43 Å². The monoisotopic (exact) mass is 427 g/mol. The zero-order chi connectivity index (χ0) is 20.1. The summed E-state index contributed by atoms with van der Waals surface area (Å²) in [4.78, 5) is 24.9. The molecule has 1 aromatic heterocycles. The molecule has 2 heterocycles. The predicted octanol–water partition coefficient (Wildman–Crippen LogP) is 2.38. The third kappa shape index (κ3) is 4.74. The van der Waals surface area contributed by atoms with Gasteiger partial charge in [0.25, 0.3) is 11.6 Å². The van der Waals surface area contributed by atoms with Crippen molar-refractivity contribution < 1.29 is 14.4 Å². The molecule has 3 rings (SSSR count). The minimum atomic E-state index is -0.602. The lowest BCUT2D eigenvalue weighted by Gasteiger charge is -2.26. The molecule has 0 aliphatic carbocycles. The molecule has 11 nitrogen and oxygen atoms in total. The SMILES string of the molecule is COc1nc(NN=Cc2cc([N+](=O)[O-])c(Cl)cc2Cl)nc(N2CCOCC2)n1. The summed E-state index contributed by atoms with van der Waals surface area (Å²) in [6.07, 6.45) is 1.30. The normalized spacial score (nSPS) is 14.3. The number of nitrogens with zero attached hydrogens (tertiary/aromatic N) is 6. The van der Waals surface area contributed by atoms with Crippen LogP contribution in [0.3, 0.4) is 0 Å². The lowest BCUT2D eigenvalue weighted by Crippen LogP contribution is -2.37. The summed E-state index contributed by atoms with van der Waals surface area (Å²) in [7, 11) is 1.44. The third-order valence-corrected chi connectivity index (χ3v) is 4.34. The van der Waals surface area contributed by atoms with Crippen molar-refractivity contribution in [3.05, 3.63) is 37.9 Å². The van der Waals surface area contributed by atoms with Gasteiger partial charge in [-0.3, -0.25) is 10.1 Å². The first kappa shape index (κ1) is 20.0. The molecule has 1 aromatic carbocycles. The van der Waals surface area contributed by atoms with Crippen LogP contribution in [0.2, 0.25) is 10.0 Å². The molecule has 0 unspecified atom stereocenters. The van der Waals surface area contributed by atoms with Gasteiger partial charge < -0.3 is 14.4 Å². The van der Waals surface area contributed by atoms with Crippen molar-refractivity contribution in [3.63, 3.8) is 0 Å². The molecule has 1 aliphatic heterocycles. The van der Waals surface area contributed by atoms with Gasteiger partial charge >= 0.3 is 6.01 Å². The van der Waals surface area contributed by atoms with E-state index >= 15 is 0 Å². The molecule has 0 atom stereocenters. The molecule has 148 valence electrons. The summed E-state index contributed by atoms with van der Waals surface area (Å²) in [6.45, 7) is 2.42. The molecule has 2 aromatic rings. The van der Waals surface area contributed by atoms with Crippen LogP contribution in [0.5, 0.6) is 6.01 Å². The molecule has 1 saturated heterocycles. The maximum atomic E-state index is 11.0. The number of hydrogen-bond donors (Lipinski definition) is 1. The second kappa shape index (κ2) is 8.95. The highest BCUT2D eigenvalue weighted by Crippen LogP contribution is 2.30. The Hall–Kier alpha value is -2.76. The molecule has 0 saturated carbocycles. The van der Waals surface area contributed by atoms with Gasteiger partial charge in [0, 0.05) is 24.7 Å². The number of methoxy groups -OCH3 is 1. The number of benzene rings is 1. The Morgan fingerprint density at radius 1 is 1.29 bits per heavy atom. The topological polar surface area (TPSA) is 128 Å². The highest BCUT2D eigenvalue weighted by Gasteiger charge is 2.17. The summed E-state index contributed by atoms with van der Waals surface area (Å²) in [5.41, 5.74) is 2.68. The molecule has 0 radical (unpaired) electrons. The van der Waals surface area contributed by atoms with Gasteiger partial charge in [0.1, 0.15) is 5.02 Å². The Kier molecular flexibility index (Phi) is 6.39. The Bertz CT molecular complexity index is 906. The number of anilines is 2. The van der Waals surface area contributed by atoms with Crippen molar-refractivity contribution in [1.82, 2.24) is 15.0 Å². The van der Waals surface area contributed by atoms with Crippen molar-refractivity contribution in [2.75, 3.05) is 43.7 Å². The summed E-state index contributed by atoms with van der Waals surface area (Å²) in [5.74, 6) is 0.567. The molecule has 0 spiro atoms. The Morgan fingerprint density at radius 3 is 2.71 bits per heavy atom. The zero-order valence-electron chi connectivity index (χ0n) is 14.6. The van der Waals surface area contributed by atoms with Crippen LogP contribution in [-0.4, -0.2) is 59.5 Å². The molecule has 28 heavy (non-hydrogen) atoms. The number of aromatic nitrogens is 3. The molecule has 1 aliphatic rings. The number of halogens is 2. The first-order valence-electron chi connectivity index (χ1n) is 8.03. The minimum absolute atomic E-state index is 0.0579. The molecule has 1 fully saturated rings. The number of hydrazone groups is 1. The number of ether oxygens (including phenoxy) is 2. The van der Waals surface area contributed by atoms with Gasteiger partial charge in [-0.05, 0) is 6.07 Å². The summed E-state index contributed by atoms with van der Waals surface area (Å²) >= 11 is 11.9. The zero-order valence-corrected chi connectivity index (χ0v) is 16.1. The fraction of sp³-hybridized carbons (Fsp3) is 0.333. The van der Waals surface area contributed by atoms with Crippen LogP contribution in [0.15, 0.2) is 17.2 Å². The predicted molar refractivity (Wildman–Crippen MR) is 104 cm³/mol. The molecular weight excluding hydrogens is 413 g/mol. The molecule has 0 bridgehead atoms. The van der Waals surface area contributed by atoms with E-state index in [0.29, 0.717) is 37.8 Å². The fourth-order valence-corrected chi connectivity index (χ4v) is 2.85.